The van der Waals surface area contributed by atoms with Gasteiger partial charge in [0.05, 0.1) is 5.60 Å². The fourth-order valence-corrected chi connectivity index (χ4v) is 3.27. The number of hydrogen-bond donors (Lipinski definition) is 1. The van der Waals surface area contributed by atoms with Crippen molar-refractivity contribution in [3.8, 4) is 0 Å². The van der Waals surface area contributed by atoms with E-state index in [1.165, 1.54) is 19.3 Å². The standard InChI is InChI=1S/C14H28O3/c1-5-11-8-6-7-9-12(11)14(2,15)10-13(16-3)17-4/h11-13,15H,5-10H2,1-4H3. The van der Waals surface area contributed by atoms with Crippen LogP contribution in [0.15, 0.2) is 0 Å². The molecule has 1 fully saturated rings. The van der Waals surface area contributed by atoms with Crippen LogP contribution in [0.1, 0.15) is 52.4 Å². The van der Waals surface area contributed by atoms with Crippen molar-refractivity contribution in [1.82, 2.24) is 0 Å². The first kappa shape index (κ1) is 14.9. The van der Waals surface area contributed by atoms with E-state index in [4.69, 9.17) is 9.47 Å². The maximum absolute atomic E-state index is 10.7. The number of rotatable bonds is 6. The Bertz CT molecular complexity index is 212. The van der Waals surface area contributed by atoms with E-state index in [0.717, 1.165) is 12.8 Å². The molecule has 3 heteroatoms. The maximum Gasteiger partial charge on any atom is 0.159 e. The van der Waals surface area contributed by atoms with Crippen molar-refractivity contribution in [2.45, 2.75) is 64.3 Å². The summed E-state index contributed by atoms with van der Waals surface area (Å²) in [5.41, 5.74) is -0.683. The fraction of sp³-hybridized carbons (Fsp3) is 1.00. The molecular weight excluding hydrogens is 216 g/mol. The minimum absolute atomic E-state index is 0.301. The minimum atomic E-state index is -0.683. The first-order valence-corrected chi connectivity index (χ1v) is 6.83. The van der Waals surface area contributed by atoms with E-state index in [1.54, 1.807) is 14.2 Å². The van der Waals surface area contributed by atoms with Crippen molar-refractivity contribution in [3.05, 3.63) is 0 Å². The number of aliphatic hydroxyl groups is 1. The molecule has 1 aliphatic carbocycles. The first-order chi connectivity index (χ1) is 8.05. The smallest absolute Gasteiger partial charge is 0.159 e. The summed E-state index contributed by atoms with van der Waals surface area (Å²) in [5.74, 6) is 1.03. The van der Waals surface area contributed by atoms with Gasteiger partial charge in [-0.3, -0.25) is 0 Å². The third-order valence-electron chi connectivity index (χ3n) is 4.34. The van der Waals surface area contributed by atoms with E-state index in [9.17, 15) is 5.11 Å². The Morgan fingerprint density at radius 2 is 1.82 bits per heavy atom. The van der Waals surface area contributed by atoms with Gasteiger partial charge in [0.15, 0.2) is 6.29 Å². The summed E-state index contributed by atoms with van der Waals surface area (Å²) in [6.45, 7) is 4.17. The molecule has 0 saturated heterocycles. The third-order valence-corrected chi connectivity index (χ3v) is 4.34. The molecule has 3 atom stereocenters. The highest BCUT2D eigenvalue weighted by Crippen LogP contribution is 2.41. The molecule has 0 bridgehead atoms. The van der Waals surface area contributed by atoms with Crippen LogP contribution in [0, 0.1) is 11.8 Å². The molecule has 0 radical (unpaired) electrons. The summed E-state index contributed by atoms with van der Waals surface area (Å²) in [4.78, 5) is 0. The highest BCUT2D eigenvalue weighted by molar-refractivity contribution is 4.89. The van der Waals surface area contributed by atoms with Crippen molar-refractivity contribution >= 4 is 0 Å². The summed E-state index contributed by atoms with van der Waals surface area (Å²) in [6, 6.07) is 0. The molecule has 0 aromatic rings. The lowest BCUT2D eigenvalue weighted by Gasteiger charge is -2.42. The van der Waals surface area contributed by atoms with Gasteiger partial charge < -0.3 is 14.6 Å². The molecule has 3 nitrogen and oxygen atoms in total. The monoisotopic (exact) mass is 244 g/mol. The van der Waals surface area contributed by atoms with Gasteiger partial charge in [-0.05, 0) is 25.2 Å². The molecular formula is C14H28O3. The summed E-state index contributed by atoms with van der Waals surface area (Å²) in [5, 5.41) is 10.7. The summed E-state index contributed by atoms with van der Waals surface area (Å²) in [6.07, 6.45) is 6.34. The van der Waals surface area contributed by atoms with Crippen molar-refractivity contribution in [3.63, 3.8) is 0 Å². The quantitative estimate of drug-likeness (QED) is 0.730. The van der Waals surface area contributed by atoms with E-state index < -0.39 is 5.60 Å². The second kappa shape index (κ2) is 6.72. The Morgan fingerprint density at radius 1 is 1.24 bits per heavy atom. The normalized spacial score (nSPS) is 29.3. The molecule has 3 unspecified atom stereocenters. The van der Waals surface area contributed by atoms with Crippen LogP contribution in [0.4, 0.5) is 0 Å². The van der Waals surface area contributed by atoms with Crippen molar-refractivity contribution in [2.75, 3.05) is 14.2 Å². The van der Waals surface area contributed by atoms with Crippen molar-refractivity contribution in [1.29, 1.82) is 0 Å². The molecule has 0 aliphatic heterocycles. The lowest BCUT2D eigenvalue weighted by molar-refractivity contribution is -0.160. The average molecular weight is 244 g/mol. The summed E-state index contributed by atoms with van der Waals surface area (Å²) >= 11 is 0. The van der Waals surface area contributed by atoms with Crippen molar-refractivity contribution < 1.29 is 14.6 Å². The molecule has 1 rings (SSSR count). The lowest BCUT2D eigenvalue weighted by atomic mass is 9.68. The Labute approximate surface area is 105 Å². The Balaban J connectivity index is 2.65. The van der Waals surface area contributed by atoms with E-state index in [-0.39, 0.29) is 6.29 Å². The van der Waals surface area contributed by atoms with E-state index in [2.05, 4.69) is 6.92 Å². The molecule has 0 aromatic heterocycles. The van der Waals surface area contributed by atoms with Gasteiger partial charge in [-0.2, -0.15) is 0 Å². The Hall–Kier alpha value is -0.120. The molecule has 0 amide bonds. The van der Waals surface area contributed by atoms with Crippen LogP contribution < -0.4 is 0 Å². The highest BCUT2D eigenvalue weighted by Gasteiger charge is 2.39. The van der Waals surface area contributed by atoms with Crippen LogP contribution >= 0.6 is 0 Å². The molecule has 0 heterocycles. The molecule has 0 aromatic carbocycles. The predicted octanol–water partition coefficient (Wildman–Crippen LogP) is 2.96. The lowest BCUT2D eigenvalue weighted by Crippen LogP contribution is -2.43. The third kappa shape index (κ3) is 3.94. The van der Waals surface area contributed by atoms with E-state index >= 15 is 0 Å². The molecule has 1 aliphatic rings. The highest BCUT2D eigenvalue weighted by atomic mass is 16.7. The first-order valence-electron chi connectivity index (χ1n) is 6.83. The van der Waals surface area contributed by atoms with Crippen LogP contribution in [0.5, 0.6) is 0 Å². The average Bonchev–Trinajstić information content (AvgIpc) is 2.35. The molecule has 1 N–H and O–H groups in total. The van der Waals surface area contributed by atoms with Gasteiger partial charge in [-0.1, -0.05) is 32.6 Å². The van der Waals surface area contributed by atoms with Crippen LogP contribution in [0.2, 0.25) is 0 Å². The number of methoxy groups -OCH3 is 2. The van der Waals surface area contributed by atoms with Crippen LogP contribution in [0.3, 0.4) is 0 Å². The topological polar surface area (TPSA) is 38.7 Å². The Kier molecular flexibility index (Phi) is 5.90. The van der Waals surface area contributed by atoms with Crippen LogP contribution in [-0.4, -0.2) is 31.2 Å². The molecule has 102 valence electrons. The largest absolute Gasteiger partial charge is 0.390 e. The molecule has 1 saturated carbocycles. The zero-order valence-electron chi connectivity index (χ0n) is 11.7. The Morgan fingerprint density at radius 3 is 2.35 bits per heavy atom. The summed E-state index contributed by atoms with van der Waals surface area (Å²) in [7, 11) is 3.25. The molecule has 17 heavy (non-hydrogen) atoms. The predicted molar refractivity (Wildman–Crippen MR) is 68.8 cm³/mol. The van der Waals surface area contributed by atoms with Gasteiger partial charge in [0, 0.05) is 20.6 Å². The maximum atomic E-state index is 10.7. The van der Waals surface area contributed by atoms with Crippen molar-refractivity contribution in [2.24, 2.45) is 11.8 Å². The van der Waals surface area contributed by atoms with Gasteiger partial charge in [0.25, 0.3) is 0 Å². The number of ether oxygens (including phenoxy) is 2. The SMILES string of the molecule is CCC1CCCCC1C(C)(O)CC(OC)OC. The van der Waals surface area contributed by atoms with Gasteiger partial charge in [0.2, 0.25) is 0 Å². The van der Waals surface area contributed by atoms with Crippen LogP contribution in [0.25, 0.3) is 0 Å². The van der Waals surface area contributed by atoms with Gasteiger partial charge in [-0.15, -0.1) is 0 Å². The van der Waals surface area contributed by atoms with Gasteiger partial charge in [-0.25, -0.2) is 0 Å². The van der Waals surface area contributed by atoms with E-state index in [0.29, 0.717) is 18.3 Å². The minimum Gasteiger partial charge on any atom is -0.390 e. The van der Waals surface area contributed by atoms with Gasteiger partial charge >= 0.3 is 0 Å². The second-order valence-electron chi connectivity index (χ2n) is 5.52. The van der Waals surface area contributed by atoms with Crippen LogP contribution in [-0.2, 0) is 9.47 Å². The fourth-order valence-electron chi connectivity index (χ4n) is 3.27. The van der Waals surface area contributed by atoms with Gasteiger partial charge in [0.1, 0.15) is 0 Å². The van der Waals surface area contributed by atoms with E-state index in [1.807, 2.05) is 6.92 Å². The zero-order valence-corrected chi connectivity index (χ0v) is 11.7. The second-order valence-corrected chi connectivity index (χ2v) is 5.52. The summed E-state index contributed by atoms with van der Waals surface area (Å²) < 4.78 is 10.4. The molecule has 0 spiro atoms. The zero-order chi connectivity index (χ0) is 12.9. The number of hydrogen-bond acceptors (Lipinski definition) is 3.